The van der Waals surface area contributed by atoms with Gasteiger partial charge in [-0.15, -0.1) is 0 Å². The molecule has 0 spiro atoms. The Kier molecular flexibility index (Phi) is 9.81. The number of aromatic nitrogens is 1. The maximum Gasteiger partial charge on any atom is 0.412 e. The second-order valence-corrected chi connectivity index (χ2v) is 8.66. The van der Waals surface area contributed by atoms with E-state index < -0.39 is 6.09 Å². The molecule has 0 fully saturated rings. The van der Waals surface area contributed by atoms with Crippen molar-refractivity contribution < 1.29 is 23.8 Å². The van der Waals surface area contributed by atoms with Crippen molar-refractivity contribution in [1.29, 1.82) is 0 Å². The van der Waals surface area contributed by atoms with E-state index in [-0.39, 0.29) is 43.2 Å². The number of nitrogens with one attached hydrogen (secondary N) is 1. The molecule has 2 N–H and O–H groups in total. The lowest BCUT2D eigenvalue weighted by atomic mass is 10.1. The van der Waals surface area contributed by atoms with E-state index in [1.165, 1.54) is 18.3 Å². The number of aliphatic hydroxyl groups is 1. The van der Waals surface area contributed by atoms with Crippen molar-refractivity contribution in [3.05, 3.63) is 71.1 Å². The van der Waals surface area contributed by atoms with Crippen LogP contribution in [-0.4, -0.2) is 53.3 Å². The summed E-state index contributed by atoms with van der Waals surface area (Å²) in [5.74, 6) is -0.250. The van der Waals surface area contributed by atoms with Crippen molar-refractivity contribution >= 4 is 40.2 Å². The molecule has 186 valence electrons. The molecule has 9 heteroatoms. The van der Waals surface area contributed by atoms with Gasteiger partial charge in [-0.05, 0) is 67.0 Å². The number of unbranched alkanes of at least 4 members (excludes halogenated alkanes) is 1. The Morgan fingerprint density at radius 2 is 1.97 bits per heavy atom. The first kappa shape index (κ1) is 26.4. The van der Waals surface area contributed by atoms with Gasteiger partial charge < -0.3 is 14.7 Å². The zero-order valence-corrected chi connectivity index (χ0v) is 20.3. The Bertz CT molecular complexity index is 1160. The maximum atomic E-state index is 13.5. The van der Waals surface area contributed by atoms with Crippen LogP contribution in [0, 0.1) is 5.82 Å². The third kappa shape index (κ3) is 7.90. The summed E-state index contributed by atoms with van der Waals surface area (Å²) in [6, 6.07) is 12.9. The Morgan fingerprint density at radius 1 is 1.17 bits per heavy atom. The van der Waals surface area contributed by atoms with Crippen molar-refractivity contribution in [3.8, 4) is 0 Å². The minimum Gasteiger partial charge on any atom is -0.447 e. The van der Waals surface area contributed by atoms with Crippen LogP contribution in [0.5, 0.6) is 0 Å². The quantitative estimate of drug-likeness (QED) is 0.352. The number of ether oxygens (including phenoxy) is 1. The van der Waals surface area contributed by atoms with E-state index >= 15 is 0 Å². The Morgan fingerprint density at radius 3 is 2.74 bits per heavy atom. The van der Waals surface area contributed by atoms with E-state index in [0.29, 0.717) is 36.1 Å². The average molecular weight is 502 g/mol. The molecule has 3 rings (SSSR count). The number of nitrogens with zero attached hydrogens (tertiary/aromatic N) is 2. The van der Waals surface area contributed by atoms with Crippen LogP contribution in [0.1, 0.15) is 31.2 Å². The molecule has 1 atom stereocenters. The Labute approximate surface area is 208 Å². The Balaban J connectivity index is 1.57. The van der Waals surface area contributed by atoms with E-state index in [1.807, 2.05) is 18.2 Å². The standard InChI is InChI=1S/C26H29ClFN3O4/c1-31(25(33)12-10-18-6-2-3-8-23(18)27)22(7-4-5-13-32)17-35-26(34)30-24-15-20-14-21(28)11-9-19(20)16-29-24/h2-3,6,8-9,11,14-16,22,32H,4-5,7,10,12-13,17H2,1H3,(H,29,30,34)/t22-/m0/s1. The SMILES string of the molecule is CN(C(=O)CCc1ccccc1Cl)[C@@H](CCCCO)COC(=O)Nc1cc2cc(F)ccc2cn1. The van der Waals surface area contributed by atoms with E-state index in [0.717, 1.165) is 10.9 Å². The number of hydrogen-bond acceptors (Lipinski definition) is 5. The molecule has 1 aromatic heterocycles. The number of aryl methyl sites for hydroxylation is 1. The van der Waals surface area contributed by atoms with Crippen LogP contribution in [0.25, 0.3) is 10.8 Å². The minimum absolute atomic E-state index is 0.0200. The lowest BCUT2D eigenvalue weighted by Gasteiger charge is -2.28. The first-order valence-electron chi connectivity index (χ1n) is 11.5. The maximum absolute atomic E-state index is 13.5. The average Bonchev–Trinajstić information content (AvgIpc) is 2.84. The minimum atomic E-state index is -0.725. The fraction of sp³-hybridized carbons (Fsp3) is 0.346. The first-order chi connectivity index (χ1) is 16.9. The number of hydrogen-bond donors (Lipinski definition) is 2. The van der Waals surface area contributed by atoms with E-state index in [4.69, 9.17) is 21.4 Å². The molecule has 0 saturated carbocycles. The van der Waals surface area contributed by atoms with Crippen molar-refractivity contribution in [2.24, 2.45) is 0 Å². The monoisotopic (exact) mass is 501 g/mol. The first-order valence-corrected chi connectivity index (χ1v) is 11.8. The molecule has 2 amide bonds. The summed E-state index contributed by atoms with van der Waals surface area (Å²) in [6.07, 6.45) is 3.40. The lowest BCUT2D eigenvalue weighted by molar-refractivity contribution is -0.132. The molecule has 0 radical (unpaired) electrons. The number of halogens is 2. The summed E-state index contributed by atoms with van der Waals surface area (Å²) in [5, 5.41) is 13.6. The number of rotatable bonds is 11. The summed E-state index contributed by atoms with van der Waals surface area (Å²) >= 11 is 6.19. The summed E-state index contributed by atoms with van der Waals surface area (Å²) in [5.41, 5.74) is 0.895. The number of likely N-dealkylation sites (N-methyl/N-ethyl adjacent to an activating group) is 1. The number of benzene rings is 2. The highest BCUT2D eigenvalue weighted by Gasteiger charge is 2.22. The van der Waals surface area contributed by atoms with Gasteiger partial charge in [0.15, 0.2) is 0 Å². The summed E-state index contributed by atoms with van der Waals surface area (Å²) in [4.78, 5) is 30.9. The van der Waals surface area contributed by atoms with E-state index in [2.05, 4.69) is 10.3 Å². The molecule has 35 heavy (non-hydrogen) atoms. The third-order valence-corrected chi connectivity index (χ3v) is 6.14. The van der Waals surface area contributed by atoms with Crippen molar-refractivity contribution in [2.75, 3.05) is 25.6 Å². The highest BCUT2D eigenvalue weighted by atomic mass is 35.5. The van der Waals surface area contributed by atoms with Crippen LogP contribution in [-0.2, 0) is 16.0 Å². The summed E-state index contributed by atoms with van der Waals surface area (Å²) in [7, 11) is 1.68. The van der Waals surface area contributed by atoms with Crippen LogP contribution >= 0.6 is 11.6 Å². The van der Waals surface area contributed by atoms with Gasteiger partial charge in [-0.25, -0.2) is 14.2 Å². The fourth-order valence-electron chi connectivity index (χ4n) is 3.70. The molecule has 0 aliphatic rings. The van der Waals surface area contributed by atoms with Crippen molar-refractivity contribution in [3.63, 3.8) is 0 Å². The third-order valence-electron chi connectivity index (χ3n) is 5.77. The van der Waals surface area contributed by atoms with Crippen LogP contribution in [0.15, 0.2) is 54.7 Å². The van der Waals surface area contributed by atoms with Gasteiger partial charge in [-0.3, -0.25) is 10.1 Å². The molecule has 2 aromatic carbocycles. The molecule has 3 aromatic rings. The number of aliphatic hydroxyl groups excluding tert-OH is 1. The molecule has 7 nitrogen and oxygen atoms in total. The fourth-order valence-corrected chi connectivity index (χ4v) is 3.93. The predicted molar refractivity (Wildman–Crippen MR) is 134 cm³/mol. The van der Waals surface area contributed by atoms with Gasteiger partial charge in [0.2, 0.25) is 5.91 Å². The highest BCUT2D eigenvalue weighted by molar-refractivity contribution is 6.31. The van der Waals surface area contributed by atoms with Crippen LogP contribution in [0.3, 0.4) is 0 Å². The van der Waals surface area contributed by atoms with Gasteiger partial charge in [0.1, 0.15) is 18.2 Å². The molecule has 0 aliphatic heterocycles. The molecule has 0 aliphatic carbocycles. The van der Waals surface area contributed by atoms with Crippen LogP contribution in [0.2, 0.25) is 5.02 Å². The van der Waals surface area contributed by atoms with Crippen molar-refractivity contribution in [1.82, 2.24) is 9.88 Å². The van der Waals surface area contributed by atoms with E-state index in [1.54, 1.807) is 30.1 Å². The van der Waals surface area contributed by atoms with Crippen molar-refractivity contribution in [2.45, 2.75) is 38.1 Å². The number of amides is 2. The largest absolute Gasteiger partial charge is 0.447 e. The smallest absolute Gasteiger partial charge is 0.412 e. The van der Waals surface area contributed by atoms with E-state index in [9.17, 15) is 14.0 Å². The summed E-state index contributed by atoms with van der Waals surface area (Å²) < 4.78 is 18.9. The zero-order chi connectivity index (χ0) is 25.2. The highest BCUT2D eigenvalue weighted by Crippen LogP contribution is 2.19. The molecular weight excluding hydrogens is 473 g/mol. The molecule has 0 saturated heterocycles. The number of fused-ring (bicyclic) bond motifs is 1. The number of pyridine rings is 1. The van der Waals surface area contributed by atoms with Gasteiger partial charge in [-0.2, -0.15) is 0 Å². The zero-order valence-electron chi connectivity index (χ0n) is 19.5. The van der Waals surface area contributed by atoms with Gasteiger partial charge in [0.25, 0.3) is 0 Å². The van der Waals surface area contributed by atoms with Gasteiger partial charge in [0.05, 0.1) is 6.04 Å². The normalized spacial score (nSPS) is 11.8. The number of carbonyl (C=O) groups excluding carboxylic acids is 2. The second-order valence-electron chi connectivity index (χ2n) is 8.25. The van der Waals surface area contributed by atoms with Crippen LogP contribution < -0.4 is 5.32 Å². The Hall–Kier alpha value is -3.23. The molecule has 0 unspecified atom stereocenters. The second kappa shape index (κ2) is 13.0. The van der Waals surface area contributed by atoms with Gasteiger partial charge >= 0.3 is 6.09 Å². The van der Waals surface area contributed by atoms with Gasteiger partial charge in [0, 0.05) is 36.7 Å². The number of carbonyl (C=O) groups is 2. The van der Waals surface area contributed by atoms with Gasteiger partial charge in [-0.1, -0.05) is 29.8 Å². The molecule has 1 heterocycles. The van der Waals surface area contributed by atoms with Crippen LogP contribution in [0.4, 0.5) is 15.0 Å². The topological polar surface area (TPSA) is 91.8 Å². The predicted octanol–water partition coefficient (Wildman–Crippen LogP) is 5.20. The molecule has 0 bridgehead atoms. The molecular formula is C26H29ClFN3O4. The summed E-state index contributed by atoms with van der Waals surface area (Å²) in [6.45, 7) is 0.0280. The number of anilines is 1. The lowest BCUT2D eigenvalue weighted by Crippen LogP contribution is -2.41.